The molecule has 3 nitrogen and oxygen atoms in total. The number of Topliss-reactive ketones (excluding diaryl/α,β-unsaturated/α-hetero) is 1. The van der Waals surface area contributed by atoms with E-state index in [1.165, 1.54) is 11.1 Å². The quantitative estimate of drug-likeness (QED) is 0.804. The first-order valence-electron chi connectivity index (χ1n) is 8.75. The highest BCUT2D eigenvalue weighted by Gasteiger charge is 2.70. The van der Waals surface area contributed by atoms with Crippen LogP contribution < -0.4 is 0 Å². The van der Waals surface area contributed by atoms with Crippen molar-refractivity contribution in [2.45, 2.75) is 71.0 Å². The highest BCUT2D eigenvalue weighted by atomic mass is 16.6. The predicted octanol–water partition coefficient (Wildman–Crippen LogP) is 3.71. The van der Waals surface area contributed by atoms with Gasteiger partial charge in [-0.1, -0.05) is 40.7 Å². The van der Waals surface area contributed by atoms with Crippen molar-refractivity contribution >= 4 is 5.78 Å². The monoisotopic (exact) mass is 314 g/mol. The van der Waals surface area contributed by atoms with Crippen LogP contribution in [0.3, 0.4) is 0 Å². The van der Waals surface area contributed by atoms with Gasteiger partial charge in [-0.15, -0.1) is 0 Å². The molecule has 1 saturated heterocycles. The number of benzene rings is 1. The van der Waals surface area contributed by atoms with Crippen molar-refractivity contribution in [2.24, 2.45) is 11.3 Å². The van der Waals surface area contributed by atoms with Gasteiger partial charge in [0.2, 0.25) is 0 Å². The van der Waals surface area contributed by atoms with E-state index in [4.69, 9.17) is 4.74 Å². The summed E-state index contributed by atoms with van der Waals surface area (Å²) in [6.07, 6.45) is 1.72. The first-order valence-corrected chi connectivity index (χ1v) is 8.75. The van der Waals surface area contributed by atoms with Crippen LogP contribution in [0.5, 0.6) is 5.75 Å². The summed E-state index contributed by atoms with van der Waals surface area (Å²) in [5, 5.41) is 10.5. The third-order valence-corrected chi connectivity index (χ3v) is 6.73. The zero-order valence-electron chi connectivity index (χ0n) is 14.6. The Hall–Kier alpha value is -1.35. The van der Waals surface area contributed by atoms with Crippen LogP contribution in [-0.4, -0.2) is 23.1 Å². The summed E-state index contributed by atoms with van der Waals surface area (Å²) in [6.45, 7) is 10.6. The summed E-state index contributed by atoms with van der Waals surface area (Å²) >= 11 is 0. The minimum Gasteiger partial charge on any atom is -0.508 e. The number of aryl methyl sites for hydroxylation is 1. The average molecular weight is 314 g/mol. The maximum Gasteiger partial charge on any atom is 0.170 e. The Bertz CT molecular complexity index is 703. The molecule has 1 aromatic rings. The van der Waals surface area contributed by atoms with Gasteiger partial charge in [0.25, 0.3) is 0 Å². The average Bonchev–Trinajstić information content (AvgIpc) is 3.26. The minimum absolute atomic E-state index is 0.0172. The molecule has 0 amide bonds. The number of ether oxygens (including phenoxy) is 1. The lowest BCUT2D eigenvalue weighted by Gasteiger charge is -2.51. The highest BCUT2D eigenvalue weighted by Crippen LogP contribution is 2.62. The standard InChI is InChI=1S/C20H26O3/c1-10(2)12-8-11-6-7-15-19(3,4)17(22)16-18(23-16)20(15,5)13(11)9-14(12)21/h8-10,15-16,18,21H,6-7H2,1-5H3/t15-,16-,18-,20+/m0/s1. The molecule has 0 radical (unpaired) electrons. The molecule has 1 N–H and O–H groups in total. The topological polar surface area (TPSA) is 49.8 Å². The third-order valence-electron chi connectivity index (χ3n) is 6.73. The van der Waals surface area contributed by atoms with Crippen LogP contribution in [0, 0.1) is 11.3 Å². The fourth-order valence-electron chi connectivity index (χ4n) is 5.38. The van der Waals surface area contributed by atoms with Gasteiger partial charge in [-0.25, -0.2) is 0 Å². The molecule has 3 heteroatoms. The predicted molar refractivity (Wildman–Crippen MR) is 88.8 cm³/mol. The molecular formula is C20H26O3. The number of aromatic hydroxyl groups is 1. The van der Waals surface area contributed by atoms with Crippen LogP contribution in [0.15, 0.2) is 12.1 Å². The van der Waals surface area contributed by atoms with Gasteiger partial charge in [0.05, 0.1) is 0 Å². The molecule has 1 aromatic carbocycles. The Morgan fingerprint density at radius 2 is 1.96 bits per heavy atom. The second-order valence-electron chi connectivity index (χ2n) is 8.66. The largest absolute Gasteiger partial charge is 0.508 e. The van der Waals surface area contributed by atoms with Gasteiger partial charge in [-0.2, -0.15) is 0 Å². The van der Waals surface area contributed by atoms with Gasteiger partial charge in [-0.05, 0) is 47.4 Å². The lowest BCUT2D eigenvalue weighted by molar-refractivity contribution is -0.134. The number of hydrogen-bond donors (Lipinski definition) is 1. The van der Waals surface area contributed by atoms with Gasteiger partial charge < -0.3 is 9.84 Å². The lowest BCUT2D eigenvalue weighted by atomic mass is 9.50. The van der Waals surface area contributed by atoms with Crippen molar-refractivity contribution in [3.63, 3.8) is 0 Å². The second-order valence-corrected chi connectivity index (χ2v) is 8.66. The van der Waals surface area contributed by atoms with E-state index in [1.54, 1.807) is 0 Å². The van der Waals surface area contributed by atoms with Crippen molar-refractivity contribution in [3.8, 4) is 5.75 Å². The molecule has 124 valence electrons. The summed E-state index contributed by atoms with van der Waals surface area (Å²) in [5.74, 6) is 1.21. The molecule has 23 heavy (non-hydrogen) atoms. The molecule has 1 heterocycles. The Kier molecular flexibility index (Phi) is 2.90. The molecule has 4 rings (SSSR count). The van der Waals surface area contributed by atoms with Crippen molar-refractivity contribution in [1.29, 1.82) is 0 Å². The number of carbonyl (C=O) groups is 1. The van der Waals surface area contributed by atoms with E-state index in [0.717, 1.165) is 18.4 Å². The number of carbonyl (C=O) groups excluding carboxylic acids is 1. The van der Waals surface area contributed by atoms with Crippen LogP contribution >= 0.6 is 0 Å². The zero-order valence-corrected chi connectivity index (χ0v) is 14.6. The van der Waals surface area contributed by atoms with E-state index in [2.05, 4.69) is 40.7 Å². The summed E-state index contributed by atoms with van der Waals surface area (Å²) in [4.78, 5) is 12.6. The first kappa shape index (κ1) is 15.2. The van der Waals surface area contributed by atoms with Crippen LogP contribution in [-0.2, 0) is 21.4 Å². The number of phenolic OH excluding ortho intramolecular Hbond substituents is 1. The summed E-state index contributed by atoms with van der Waals surface area (Å²) < 4.78 is 5.84. The molecule has 2 aliphatic carbocycles. The Labute approximate surface area is 138 Å². The van der Waals surface area contributed by atoms with E-state index >= 15 is 0 Å². The van der Waals surface area contributed by atoms with Gasteiger partial charge >= 0.3 is 0 Å². The Morgan fingerprint density at radius 3 is 2.61 bits per heavy atom. The van der Waals surface area contributed by atoms with Gasteiger partial charge in [0, 0.05) is 10.8 Å². The van der Waals surface area contributed by atoms with Crippen molar-refractivity contribution in [1.82, 2.24) is 0 Å². The van der Waals surface area contributed by atoms with Crippen molar-refractivity contribution in [3.05, 3.63) is 28.8 Å². The Morgan fingerprint density at radius 1 is 1.26 bits per heavy atom. The van der Waals surface area contributed by atoms with Gasteiger partial charge in [0.1, 0.15) is 18.0 Å². The SMILES string of the molecule is CC(C)c1cc2c(cc1O)[C@@]1(C)[C@H]3O[C@H]3C(=O)C(C)(C)[C@@H]1CC2. The number of rotatable bonds is 1. The second kappa shape index (κ2) is 4.38. The molecule has 2 fully saturated rings. The fraction of sp³-hybridized carbons (Fsp3) is 0.650. The molecule has 1 aliphatic heterocycles. The molecular weight excluding hydrogens is 288 g/mol. The minimum atomic E-state index is -0.365. The van der Waals surface area contributed by atoms with Crippen molar-refractivity contribution in [2.75, 3.05) is 0 Å². The summed E-state index contributed by atoms with van der Waals surface area (Å²) in [5.41, 5.74) is 3.00. The van der Waals surface area contributed by atoms with Gasteiger partial charge in [0.15, 0.2) is 5.78 Å². The smallest absolute Gasteiger partial charge is 0.170 e. The maximum absolute atomic E-state index is 12.6. The number of phenols is 1. The molecule has 0 aromatic heterocycles. The van der Waals surface area contributed by atoms with E-state index in [0.29, 0.717) is 11.7 Å². The number of hydrogen-bond acceptors (Lipinski definition) is 3. The number of ketones is 1. The number of epoxide rings is 1. The molecule has 4 atom stereocenters. The van der Waals surface area contributed by atoms with Crippen LogP contribution in [0.4, 0.5) is 0 Å². The van der Waals surface area contributed by atoms with Crippen molar-refractivity contribution < 1.29 is 14.6 Å². The lowest BCUT2D eigenvalue weighted by Crippen LogP contribution is -2.56. The third kappa shape index (κ3) is 1.77. The molecule has 3 aliphatic rings. The van der Waals surface area contributed by atoms with Gasteiger partial charge in [-0.3, -0.25) is 4.79 Å². The van der Waals surface area contributed by atoms with E-state index < -0.39 is 0 Å². The molecule has 0 spiro atoms. The summed E-state index contributed by atoms with van der Waals surface area (Å²) in [6, 6.07) is 4.14. The highest BCUT2D eigenvalue weighted by molar-refractivity contribution is 5.93. The normalized spacial score (nSPS) is 37.1. The van der Waals surface area contributed by atoms with E-state index in [1.807, 2.05) is 6.07 Å². The summed E-state index contributed by atoms with van der Waals surface area (Å²) in [7, 11) is 0. The van der Waals surface area contributed by atoms with Crippen LogP contribution in [0.2, 0.25) is 0 Å². The Balaban J connectivity index is 1.89. The first-order chi connectivity index (χ1) is 10.7. The number of fused-ring (bicyclic) bond motifs is 5. The van der Waals surface area contributed by atoms with Crippen LogP contribution in [0.25, 0.3) is 0 Å². The van der Waals surface area contributed by atoms with E-state index in [-0.39, 0.29) is 34.7 Å². The molecule has 0 bridgehead atoms. The maximum atomic E-state index is 12.6. The van der Waals surface area contributed by atoms with Crippen LogP contribution in [0.1, 0.15) is 63.6 Å². The fourth-order valence-corrected chi connectivity index (χ4v) is 5.38. The van der Waals surface area contributed by atoms with E-state index in [9.17, 15) is 9.90 Å². The molecule has 0 unspecified atom stereocenters. The molecule has 1 saturated carbocycles. The zero-order chi connectivity index (χ0) is 16.7.